The highest BCUT2D eigenvalue weighted by atomic mass is 35.5. The van der Waals surface area contributed by atoms with Crippen molar-refractivity contribution in [3.05, 3.63) is 100 Å². The molecular formula is C26H17ClFN3O3. The molecule has 34 heavy (non-hydrogen) atoms. The molecule has 2 fully saturated rings. The minimum Gasteiger partial charge on any atom is -0.292 e. The van der Waals surface area contributed by atoms with Crippen LogP contribution in [0.5, 0.6) is 0 Å². The summed E-state index contributed by atoms with van der Waals surface area (Å²) >= 11 is 6.00. The van der Waals surface area contributed by atoms with Crippen LogP contribution in [0, 0.1) is 17.7 Å². The van der Waals surface area contributed by atoms with Crippen LogP contribution in [0.25, 0.3) is 0 Å². The number of hydrogen-bond donors (Lipinski definition) is 0. The van der Waals surface area contributed by atoms with Gasteiger partial charge in [-0.1, -0.05) is 35.9 Å². The molecule has 4 atom stereocenters. The Bertz CT molecular complexity index is 1370. The van der Waals surface area contributed by atoms with Gasteiger partial charge in [-0.05, 0) is 59.7 Å². The summed E-state index contributed by atoms with van der Waals surface area (Å²) < 4.78 is 13.5. The second kappa shape index (κ2) is 7.60. The second-order valence-electron chi connectivity index (χ2n) is 8.55. The molecule has 3 aromatic carbocycles. The number of hydrazone groups is 1. The average molecular weight is 474 g/mol. The zero-order valence-electron chi connectivity index (χ0n) is 17.6. The van der Waals surface area contributed by atoms with Crippen LogP contribution in [0.4, 0.5) is 10.1 Å². The van der Waals surface area contributed by atoms with Crippen molar-refractivity contribution in [3.63, 3.8) is 0 Å². The van der Waals surface area contributed by atoms with E-state index in [0.29, 0.717) is 10.7 Å². The molecule has 3 aromatic rings. The maximum atomic E-state index is 13.7. The Balaban J connectivity index is 1.49. The summed E-state index contributed by atoms with van der Waals surface area (Å²) in [6.45, 7) is 0. The van der Waals surface area contributed by atoms with Gasteiger partial charge < -0.3 is 0 Å². The molecule has 6 rings (SSSR count). The number of carbonyl (C=O) groups excluding carboxylic acids is 3. The van der Waals surface area contributed by atoms with Crippen LogP contribution >= 0.6 is 11.6 Å². The van der Waals surface area contributed by atoms with Gasteiger partial charge in [0.25, 0.3) is 0 Å². The van der Waals surface area contributed by atoms with Gasteiger partial charge in [0, 0.05) is 10.6 Å². The standard InChI is InChI=1S/C26H17ClFN3O3/c27-16-7-11-18(12-8-16)30-25(33)20-21(26(30)34)23(24(32)14-5-9-17(28)10-6-14)31-22(20)19-4-2-1-3-15(19)13-29-31/h1-13,20-23H/t20-,21+,22+,23-/m1/s1. The van der Waals surface area contributed by atoms with E-state index < -0.39 is 35.6 Å². The number of benzene rings is 3. The lowest BCUT2D eigenvalue weighted by Gasteiger charge is -2.33. The SMILES string of the molecule is O=C(c1ccc(F)cc1)[C@H]1[C@H]2C(=O)N(c3ccc(Cl)cc3)C(=O)[C@H]2[C@@H]2c3ccccc3C=NN12. The summed E-state index contributed by atoms with van der Waals surface area (Å²) in [5, 5.41) is 6.57. The molecule has 2 amide bonds. The fourth-order valence-corrected chi connectivity index (χ4v) is 5.42. The maximum Gasteiger partial charge on any atom is 0.240 e. The van der Waals surface area contributed by atoms with Gasteiger partial charge in [0.05, 0.1) is 29.8 Å². The first-order chi connectivity index (χ1) is 16.5. The molecular weight excluding hydrogens is 457 g/mol. The molecule has 0 aliphatic carbocycles. The van der Waals surface area contributed by atoms with Crippen LogP contribution in [0.1, 0.15) is 27.5 Å². The van der Waals surface area contributed by atoms with Gasteiger partial charge in [-0.15, -0.1) is 0 Å². The molecule has 0 bridgehead atoms. The van der Waals surface area contributed by atoms with E-state index in [4.69, 9.17) is 11.6 Å². The van der Waals surface area contributed by atoms with Crippen molar-refractivity contribution in [1.29, 1.82) is 0 Å². The molecule has 3 heterocycles. The Kier molecular flexibility index (Phi) is 4.64. The van der Waals surface area contributed by atoms with Crippen molar-refractivity contribution in [2.75, 3.05) is 4.90 Å². The van der Waals surface area contributed by atoms with E-state index in [1.807, 2.05) is 24.3 Å². The van der Waals surface area contributed by atoms with E-state index in [0.717, 1.165) is 16.0 Å². The van der Waals surface area contributed by atoms with Gasteiger partial charge in [0.15, 0.2) is 5.78 Å². The summed E-state index contributed by atoms with van der Waals surface area (Å²) in [5.41, 5.74) is 2.33. The number of ketones is 1. The third kappa shape index (κ3) is 2.93. The molecule has 0 aromatic heterocycles. The largest absolute Gasteiger partial charge is 0.292 e. The molecule has 3 aliphatic rings. The Morgan fingerprint density at radius 3 is 2.29 bits per heavy atom. The second-order valence-corrected chi connectivity index (χ2v) is 8.99. The summed E-state index contributed by atoms with van der Waals surface area (Å²) in [5.74, 6) is -3.42. The molecule has 8 heteroatoms. The molecule has 0 spiro atoms. The predicted octanol–water partition coefficient (Wildman–Crippen LogP) is 4.24. The number of Topliss-reactive ketones (excluding diaryl/α,β-unsaturated/α-hetero) is 1. The van der Waals surface area contributed by atoms with Crippen LogP contribution in [0.15, 0.2) is 77.9 Å². The van der Waals surface area contributed by atoms with Crippen molar-refractivity contribution in [1.82, 2.24) is 5.01 Å². The van der Waals surface area contributed by atoms with Crippen LogP contribution < -0.4 is 4.90 Å². The third-order valence-corrected chi connectivity index (χ3v) is 7.03. The first kappa shape index (κ1) is 20.7. The fraction of sp³-hybridized carbons (Fsp3) is 0.154. The summed E-state index contributed by atoms with van der Waals surface area (Å²) in [6.07, 6.45) is 1.64. The number of halogens is 2. The number of imide groups is 1. The third-order valence-electron chi connectivity index (χ3n) is 6.78. The van der Waals surface area contributed by atoms with Gasteiger partial charge in [0.2, 0.25) is 11.8 Å². The van der Waals surface area contributed by atoms with Crippen LogP contribution in [0.3, 0.4) is 0 Å². The highest BCUT2D eigenvalue weighted by molar-refractivity contribution is 6.31. The van der Waals surface area contributed by atoms with Crippen LogP contribution in [-0.4, -0.2) is 34.9 Å². The summed E-state index contributed by atoms with van der Waals surface area (Å²) in [6, 6.07) is 17.6. The number of nitrogens with zero attached hydrogens (tertiary/aromatic N) is 3. The van der Waals surface area contributed by atoms with Crippen molar-refractivity contribution in [3.8, 4) is 0 Å². The number of amides is 2. The minimum atomic E-state index is -1.00. The van der Waals surface area contributed by atoms with Crippen molar-refractivity contribution in [2.45, 2.75) is 12.1 Å². The van der Waals surface area contributed by atoms with Gasteiger partial charge in [-0.3, -0.25) is 19.4 Å². The van der Waals surface area contributed by atoms with Crippen LogP contribution in [-0.2, 0) is 9.59 Å². The van der Waals surface area contributed by atoms with Crippen LogP contribution in [0.2, 0.25) is 5.02 Å². The summed E-state index contributed by atoms with van der Waals surface area (Å²) in [7, 11) is 0. The summed E-state index contributed by atoms with van der Waals surface area (Å²) in [4.78, 5) is 42.3. The quantitative estimate of drug-likeness (QED) is 0.421. The lowest BCUT2D eigenvalue weighted by Crippen LogP contribution is -2.44. The zero-order chi connectivity index (χ0) is 23.6. The lowest BCUT2D eigenvalue weighted by molar-refractivity contribution is -0.124. The predicted molar refractivity (Wildman–Crippen MR) is 124 cm³/mol. The van der Waals surface area contributed by atoms with Gasteiger partial charge in [-0.25, -0.2) is 9.29 Å². The van der Waals surface area contributed by atoms with E-state index in [2.05, 4.69) is 5.10 Å². The van der Waals surface area contributed by atoms with Gasteiger partial charge in [-0.2, -0.15) is 5.10 Å². The molecule has 0 N–H and O–H groups in total. The highest BCUT2D eigenvalue weighted by Gasteiger charge is 2.65. The Hall–Kier alpha value is -3.84. The molecule has 0 saturated carbocycles. The van der Waals surface area contributed by atoms with E-state index in [1.54, 1.807) is 35.5 Å². The van der Waals surface area contributed by atoms with E-state index in [9.17, 15) is 18.8 Å². The number of rotatable bonds is 3. The van der Waals surface area contributed by atoms with Crippen molar-refractivity contribution >= 4 is 41.1 Å². The Morgan fingerprint density at radius 1 is 0.882 bits per heavy atom. The van der Waals surface area contributed by atoms with Gasteiger partial charge in [0.1, 0.15) is 11.9 Å². The molecule has 6 nitrogen and oxygen atoms in total. The smallest absolute Gasteiger partial charge is 0.240 e. The lowest BCUT2D eigenvalue weighted by atomic mass is 9.83. The van der Waals surface area contributed by atoms with E-state index >= 15 is 0 Å². The van der Waals surface area contributed by atoms with E-state index in [-0.39, 0.29) is 17.3 Å². The fourth-order valence-electron chi connectivity index (χ4n) is 5.30. The molecule has 3 aliphatic heterocycles. The van der Waals surface area contributed by atoms with Gasteiger partial charge >= 0.3 is 0 Å². The first-order valence-electron chi connectivity index (χ1n) is 10.8. The zero-order valence-corrected chi connectivity index (χ0v) is 18.4. The highest BCUT2D eigenvalue weighted by Crippen LogP contribution is 2.53. The van der Waals surface area contributed by atoms with Crippen molar-refractivity contribution < 1.29 is 18.8 Å². The molecule has 0 radical (unpaired) electrons. The molecule has 168 valence electrons. The topological polar surface area (TPSA) is 70.0 Å². The number of fused-ring (bicyclic) bond motifs is 5. The average Bonchev–Trinajstić information content (AvgIpc) is 3.32. The first-order valence-corrected chi connectivity index (χ1v) is 11.2. The Labute approximate surface area is 199 Å². The normalized spacial score (nSPS) is 24.8. The monoisotopic (exact) mass is 473 g/mol. The number of anilines is 1. The minimum absolute atomic E-state index is 0.255. The van der Waals surface area contributed by atoms with Crippen molar-refractivity contribution in [2.24, 2.45) is 16.9 Å². The number of hydrogen-bond acceptors (Lipinski definition) is 5. The van der Waals surface area contributed by atoms with E-state index in [1.165, 1.54) is 24.3 Å². The maximum absolute atomic E-state index is 13.7. The number of carbonyl (C=O) groups is 3. The molecule has 2 saturated heterocycles. The Morgan fingerprint density at radius 2 is 1.56 bits per heavy atom. The molecule has 0 unspecified atom stereocenters.